The number of rotatable bonds is 6. The first-order valence-electron chi connectivity index (χ1n) is 15.3. The van der Waals surface area contributed by atoms with Crippen molar-refractivity contribution in [2.24, 2.45) is 0 Å². The van der Waals surface area contributed by atoms with E-state index in [2.05, 4.69) is 117 Å². The molecule has 4 nitrogen and oxygen atoms in total. The smallest absolute Gasteiger partial charge is 0.149 e. The number of imidazole rings is 1. The largest absolute Gasteiger partial charge is 0.507 e. The van der Waals surface area contributed by atoms with Gasteiger partial charge in [0.05, 0.1) is 28.0 Å². The Labute approximate surface area is 258 Å². The van der Waals surface area contributed by atoms with Crippen molar-refractivity contribution in [1.82, 2.24) is 14.5 Å². The molecule has 44 heavy (non-hydrogen) atoms. The van der Waals surface area contributed by atoms with Crippen molar-refractivity contribution in [1.29, 1.82) is 0 Å². The molecule has 0 aliphatic rings. The van der Waals surface area contributed by atoms with Gasteiger partial charge in [-0.25, -0.2) is 4.98 Å². The number of benzene rings is 5. The first-order chi connectivity index (χ1) is 21.4. The number of hydrogen-bond donors (Lipinski definition) is 1. The predicted molar refractivity (Wildman–Crippen MR) is 183 cm³/mol. The van der Waals surface area contributed by atoms with Gasteiger partial charge in [0.2, 0.25) is 0 Å². The number of phenols is 1. The van der Waals surface area contributed by atoms with Crippen LogP contribution in [0.5, 0.6) is 5.75 Å². The maximum atomic E-state index is 11.1. The van der Waals surface area contributed by atoms with E-state index in [9.17, 15) is 5.11 Å². The number of phenolic OH excluding ortho intramolecular Hbond substituents is 1. The summed E-state index contributed by atoms with van der Waals surface area (Å²) in [5.41, 5.74) is 10.3. The summed E-state index contributed by atoms with van der Waals surface area (Å²) in [6.45, 7) is 8.94. The van der Waals surface area contributed by atoms with Gasteiger partial charge in [0.25, 0.3) is 0 Å². The summed E-state index contributed by atoms with van der Waals surface area (Å²) < 4.78 is 2.27. The molecule has 2 heterocycles. The van der Waals surface area contributed by atoms with Crippen LogP contribution in [0.1, 0.15) is 50.7 Å². The number of aromatic hydroxyl groups is 1. The summed E-state index contributed by atoms with van der Waals surface area (Å²) in [5, 5.41) is 13.4. The van der Waals surface area contributed by atoms with Crippen molar-refractivity contribution in [3.63, 3.8) is 0 Å². The highest BCUT2D eigenvalue weighted by molar-refractivity contribution is 5.97. The van der Waals surface area contributed by atoms with Gasteiger partial charge < -0.3 is 5.11 Å². The van der Waals surface area contributed by atoms with Crippen LogP contribution >= 0.6 is 0 Å². The van der Waals surface area contributed by atoms with E-state index in [-0.39, 0.29) is 5.75 Å². The van der Waals surface area contributed by atoms with E-state index in [0.29, 0.717) is 17.4 Å². The minimum absolute atomic E-state index is 0.211. The van der Waals surface area contributed by atoms with Crippen LogP contribution in [0.3, 0.4) is 0 Å². The number of fused-ring (bicyclic) bond motifs is 2. The van der Waals surface area contributed by atoms with Crippen molar-refractivity contribution in [3.05, 3.63) is 133 Å². The zero-order chi connectivity index (χ0) is 30.4. The molecule has 0 saturated heterocycles. The third-order valence-corrected chi connectivity index (χ3v) is 8.50. The van der Waals surface area contributed by atoms with E-state index in [4.69, 9.17) is 9.97 Å². The standard InChI is InChI=1S/C40H35N3O/c1-25(2)31-17-10-18-32(26(3)4)39(31)43-36-20-11-19-33(38(36)42-40(43)34-16-7-8-21-37(34)44)28-14-9-15-29(22-28)35-23-27-12-5-6-13-30(27)24-41-35/h5-26,44H,1-4H3. The highest BCUT2D eigenvalue weighted by atomic mass is 16.3. The predicted octanol–water partition coefficient (Wildman–Crippen LogP) is 10.5. The molecule has 7 aromatic rings. The molecule has 0 amide bonds. The van der Waals surface area contributed by atoms with Crippen LogP contribution in [0.4, 0.5) is 0 Å². The minimum Gasteiger partial charge on any atom is -0.507 e. The Morgan fingerprint density at radius 1 is 0.614 bits per heavy atom. The van der Waals surface area contributed by atoms with Gasteiger partial charge >= 0.3 is 0 Å². The molecule has 216 valence electrons. The normalized spacial score (nSPS) is 11.7. The third kappa shape index (κ3) is 4.73. The summed E-state index contributed by atoms with van der Waals surface area (Å²) in [4.78, 5) is 10.1. The van der Waals surface area contributed by atoms with E-state index in [0.717, 1.165) is 50.3 Å². The lowest BCUT2D eigenvalue weighted by Crippen LogP contribution is -2.08. The fourth-order valence-corrected chi connectivity index (χ4v) is 6.26. The van der Waals surface area contributed by atoms with Crippen LogP contribution < -0.4 is 0 Å². The van der Waals surface area contributed by atoms with Crippen LogP contribution in [0.25, 0.3) is 61.3 Å². The van der Waals surface area contributed by atoms with Gasteiger partial charge in [-0.3, -0.25) is 9.55 Å². The molecule has 5 aromatic carbocycles. The fourth-order valence-electron chi connectivity index (χ4n) is 6.26. The molecule has 0 saturated carbocycles. The number of para-hydroxylation sites is 3. The van der Waals surface area contributed by atoms with Crippen molar-refractivity contribution in [2.45, 2.75) is 39.5 Å². The molecule has 0 unspecified atom stereocenters. The van der Waals surface area contributed by atoms with Gasteiger partial charge in [-0.2, -0.15) is 0 Å². The lowest BCUT2D eigenvalue weighted by molar-refractivity contribution is 0.477. The van der Waals surface area contributed by atoms with E-state index >= 15 is 0 Å². The maximum absolute atomic E-state index is 11.1. The minimum atomic E-state index is 0.211. The topological polar surface area (TPSA) is 50.9 Å². The van der Waals surface area contributed by atoms with E-state index in [1.807, 2.05) is 30.5 Å². The van der Waals surface area contributed by atoms with Gasteiger partial charge in [-0.05, 0) is 64.2 Å². The van der Waals surface area contributed by atoms with Gasteiger partial charge in [-0.1, -0.05) is 113 Å². The monoisotopic (exact) mass is 573 g/mol. The van der Waals surface area contributed by atoms with E-state index in [1.54, 1.807) is 6.07 Å². The van der Waals surface area contributed by atoms with Gasteiger partial charge in [0.1, 0.15) is 11.6 Å². The lowest BCUT2D eigenvalue weighted by Gasteiger charge is -2.22. The number of hydrogen-bond acceptors (Lipinski definition) is 3. The SMILES string of the molecule is CC(C)c1cccc(C(C)C)c1-n1c(-c2ccccc2O)nc2c(-c3cccc(-c4cc5ccccc5cn4)c3)cccc21. The summed E-state index contributed by atoms with van der Waals surface area (Å²) in [6.07, 6.45) is 1.94. The van der Waals surface area contributed by atoms with Crippen LogP contribution in [0.15, 0.2) is 121 Å². The van der Waals surface area contributed by atoms with Crippen molar-refractivity contribution in [2.75, 3.05) is 0 Å². The fraction of sp³-hybridized carbons (Fsp3) is 0.150. The van der Waals surface area contributed by atoms with Crippen molar-refractivity contribution >= 4 is 21.8 Å². The van der Waals surface area contributed by atoms with Gasteiger partial charge in [0, 0.05) is 22.7 Å². The lowest BCUT2D eigenvalue weighted by atomic mass is 9.92. The summed E-state index contributed by atoms with van der Waals surface area (Å²) in [5.74, 6) is 1.54. The van der Waals surface area contributed by atoms with Gasteiger partial charge in [-0.15, -0.1) is 0 Å². The van der Waals surface area contributed by atoms with Gasteiger partial charge in [0.15, 0.2) is 0 Å². The maximum Gasteiger partial charge on any atom is 0.149 e. The zero-order valence-electron chi connectivity index (χ0n) is 25.5. The highest BCUT2D eigenvalue weighted by Gasteiger charge is 2.24. The Morgan fingerprint density at radius 2 is 1.25 bits per heavy atom. The molecule has 0 fully saturated rings. The molecular weight excluding hydrogens is 538 g/mol. The van der Waals surface area contributed by atoms with Crippen LogP contribution in [0.2, 0.25) is 0 Å². The number of pyridine rings is 1. The summed E-state index contributed by atoms with van der Waals surface area (Å²) in [6, 6.07) is 39.5. The molecule has 0 bridgehead atoms. The van der Waals surface area contributed by atoms with Crippen LogP contribution in [-0.4, -0.2) is 19.6 Å². The Bertz CT molecular complexity index is 2130. The second kappa shape index (κ2) is 11.1. The molecular formula is C40H35N3O. The van der Waals surface area contributed by atoms with Crippen molar-refractivity contribution < 1.29 is 5.11 Å². The Hall–Kier alpha value is -5.22. The molecule has 4 heteroatoms. The van der Waals surface area contributed by atoms with Crippen molar-refractivity contribution in [3.8, 4) is 45.2 Å². The highest BCUT2D eigenvalue weighted by Crippen LogP contribution is 2.41. The molecule has 0 aliphatic heterocycles. The molecule has 0 atom stereocenters. The first-order valence-corrected chi connectivity index (χ1v) is 15.3. The third-order valence-electron chi connectivity index (χ3n) is 8.50. The number of aromatic nitrogens is 3. The molecule has 7 rings (SSSR count). The Morgan fingerprint density at radius 3 is 2.00 bits per heavy atom. The zero-order valence-corrected chi connectivity index (χ0v) is 25.5. The second-order valence-electron chi connectivity index (χ2n) is 12.1. The molecule has 1 N–H and O–H groups in total. The van der Waals surface area contributed by atoms with Crippen LogP contribution in [-0.2, 0) is 0 Å². The quantitative estimate of drug-likeness (QED) is 0.215. The molecule has 0 radical (unpaired) electrons. The van der Waals surface area contributed by atoms with E-state index in [1.165, 1.54) is 16.5 Å². The first kappa shape index (κ1) is 27.6. The average Bonchev–Trinajstić information content (AvgIpc) is 3.43. The Kier molecular flexibility index (Phi) is 6.98. The van der Waals surface area contributed by atoms with E-state index < -0.39 is 0 Å². The molecule has 2 aromatic heterocycles. The molecule has 0 aliphatic carbocycles. The average molecular weight is 574 g/mol. The second-order valence-corrected chi connectivity index (χ2v) is 12.1. The summed E-state index contributed by atoms with van der Waals surface area (Å²) in [7, 11) is 0. The van der Waals surface area contributed by atoms with Crippen LogP contribution in [0, 0.1) is 0 Å². The summed E-state index contributed by atoms with van der Waals surface area (Å²) >= 11 is 0. The Balaban J connectivity index is 1.50. The molecule has 0 spiro atoms. The number of nitrogens with zero attached hydrogens (tertiary/aromatic N) is 3.